The van der Waals surface area contributed by atoms with Crippen LogP contribution in [0.3, 0.4) is 0 Å². The van der Waals surface area contributed by atoms with Gasteiger partial charge in [-0.3, -0.25) is 4.98 Å². The van der Waals surface area contributed by atoms with Crippen LogP contribution in [0.5, 0.6) is 5.75 Å². The second-order valence-corrected chi connectivity index (χ2v) is 7.58. The molecule has 0 aliphatic heterocycles. The number of rotatable bonds is 8. The molecule has 2 aromatic carbocycles. The van der Waals surface area contributed by atoms with Gasteiger partial charge in [0.1, 0.15) is 11.8 Å². The Morgan fingerprint density at radius 3 is 2.41 bits per heavy atom. The average Bonchev–Trinajstić information content (AvgIpc) is 2.71. The van der Waals surface area contributed by atoms with Crippen molar-refractivity contribution in [3.05, 3.63) is 98.7 Å². The van der Waals surface area contributed by atoms with Crippen LogP contribution in [0.2, 0.25) is 5.02 Å². The van der Waals surface area contributed by atoms with E-state index >= 15 is 0 Å². The lowest BCUT2D eigenvalue weighted by molar-refractivity contribution is 0.340. The minimum Gasteiger partial charge on any atom is -0.494 e. The Hall–Kier alpha value is -2.72. The van der Waals surface area contributed by atoms with E-state index in [0.717, 1.165) is 33.7 Å². The highest BCUT2D eigenvalue weighted by atomic mass is 35.5. The highest BCUT2D eigenvalue weighted by molar-refractivity contribution is 6.30. The third-order valence-electron chi connectivity index (χ3n) is 5.09. The first-order valence-corrected chi connectivity index (χ1v) is 10.1. The predicted molar refractivity (Wildman–Crippen MR) is 118 cm³/mol. The van der Waals surface area contributed by atoms with Crippen molar-refractivity contribution >= 4 is 11.6 Å². The molecule has 0 aliphatic carbocycles. The summed E-state index contributed by atoms with van der Waals surface area (Å²) in [6.45, 7) is 6.55. The molecule has 1 unspecified atom stereocenters. The normalized spacial score (nSPS) is 13.0. The minimum atomic E-state index is -0.469. The Balaban J connectivity index is 2.00. The Kier molecular flexibility index (Phi) is 6.99. The van der Waals surface area contributed by atoms with Crippen LogP contribution in [0.15, 0.2) is 66.0 Å². The molecule has 0 aliphatic rings. The fourth-order valence-corrected chi connectivity index (χ4v) is 3.90. The van der Waals surface area contributed by atoms with Gasteiger partial charge in [-0.05, 0) is 85.8 Å². The van der Waals surface area contributed by atoms with Crippen molar-refractivity contribution in [2.24, 2.45) is 5.18 Å². The first-order chi connectivity index (χ1) is 14.0. The molecule has 150 valence electrons. The van der Waals surface area contributed by atoms with Crippen molar-refractivity contribution in [3.8, 4) is 5.75 Å². The molecular formula is C24H25ClN2O2. The fraction of sp³-hybridized carbons (Fsp3) is 0.292. The Morgan fingerprint density at radius 1 is 1.03 bits per heavy atom. The largest absolute Gasteiger partial charge is 0.494 e. The van der Waals surface area contributed by atoms with Crippen LogP contribution in [0, 0.1) is 18.8 Å². The zero-order valence-corrected chi connectivity index (χ0v) is 17.7. The van der Waals surface area contributed by atoms with E-state index in [0.29, 0.717) is 18.1 Å². The minimum absolute atomic E-state index is 0.000820. The summed E-state index contributed by atoms with van der Waals surface area (Å²) in [7, 11) is 0. The van der Waals surface area contributed by atoms with E-state index in [4.69, 9.17) is 16.3 Å². The predicted octanol–water partition coefficient (Wildman–Crippen LogP) is 6.78. The maximum Gasteiger partial charge on any atom is 0.119 e. The lowest BCUT2D eigenvalue weighted by Gasteiger charge is -2.23. The van der Waals surface area contributed by atoms with Crippen LogP contribution >= 0.6 is 11.6 Å². The van der Waals surface area contributed by atoms with Gasteiger partial charge in [0.15, 0.2) is 0 Å². The van der Waals surface area contributed by atoms with Crippen LogP contribution < -0.4 is 4.74 Å². The molecule has 29 heavy (non-hydrogen) atoms. The average molecular weight is 409 g/mol. The molecule has 0 fully saturated rings. The third-order valence-corrected chi connectivity index (χ3v) is 5.33. The molecule has 1 heterocycles. The molecule has 0 spiro atoms. The Morgan fingerprint density at radius 2 is 1.79 bits per heavy atom. The topological polar surface area (TPSA) is 51.5 Å². The number of ether oxygens (including phenoxy) is 1. The first kappa shape index (κ1) is 21.0. The summed E-state index contributed by atoms with van der Waals surface area (Å²) in [4.78, 5) is 16.0. The van der Waals surface area contributed by atoms with Gasteiger partial charge in [-0.2, -0.15) is 4.91 Å². The summed E-state index contributed by atoms with van der Waals surface area (Å²) in [5.41, 5.74) is 5.09. The number of aromatic nitrogens is 1. The number of benzene rings is 2. The van der Waals surface area contributed by atoms with Crippen molar-refractivity contribution in [2.75, 3.05) is 6.61 Å². The van der Waals surface area contributed by atoms with E-state index in [9.17, 15) is 4.91 Å². The molecule has 0 bridgehead atoms. The fourth-order valence-electron chi connectivity index (χ4n) is 3.67. The molecule has 0 saturated heterocycles. The van der Waals surface area contributed by atoms with Crippen LogP contribution in [0.25, 0.3) is 0 Å². The molecule has 4 nitrogen and oxygen atoms in total. The van der Waals surface area contributed by atoms with E-state index in [-0.39, 0.29) is 5.92 Å². The highest BCUT2D eigenvalue weighted by Gasteiger charge is 2.24. The van der Waals surface area contributed by atoms with Gasteiger partial charge in [0.25, 0.3) is 0 Å². The Labute approximate surface area is 176 Å². The molecule has 0 saturated carbocycles. The highest BCUT2D eigenvalue weighted by Crippen LogP contribution is 2.38. The molecule has 2 atom stereocenters. The van der Waals surface area contributed by atoms with Crippen molar-refractivity contribution in [2.45, 2.75) is 39.2 Å². The maximum absolute atomic E-state index is 11.8. The standard InChI is InChI=1S/C24H25ClN2O2/c1-4-29-21-8-5-18(6-9-21)23(22-10-7-20(25)13-16(22)2)15-24(27-28)19-11-12-26-17(3)14-19/h5-14,23-24H,4,15H2,1-3H3/t23-,24?/m0/s1. The third kappa shape index (κ3) is 5.21. The maximum atomic E-state index is 11.8. The van der Waals surface area contributed by atoms with Crippen molar-refractivity contribution in [1.82, 2.24) is 4.98 Å². The van der Waals surface area contributed by atoms with Gasteiger partial charge in [0.2, 0.25) is 0 Å². The lowest BCUT2D eigenvalue weighted by atomic mass is 9.82. The van der Waals surface area contributed by atoms with E-state index in [1.54, 1.807) is 6.20 Å². The van der Waals surface area contributed by atoms with Gasteiger partial charge in [0.05, 0.1) is 6.61 Å². The number of hydrogen-bond donors (Lipinski definition) is 0. The first-order valence-electron chi connectivity index (χ1n) is 9.75. The summed E-state index contributed by atoms with van der Waals surface area (Å²) < 4.78 is 5.58. The molecule has 3 rings (SSSR count). The van der Waals surface area contributed by atoms with Gasteiger partial charge >= 0.3 is 0 Å². The van der Waals surface area contributed by atoms with Crippen molar-refractivity contribution in [3.63, 3.8) is 0 Å². The van der Waals surface area contributed by atoms with Gasteiger partial charge in [-0.1, -0.05) is 35.0 Å². The van der Waals surface area contributed by atoms with Crippen molar-refractivity contribution in [1.29, 1.82) is 0 Å². The van der Waals surface area contributed by atoms with Crippen molar-refractivity contribution < 1.29 is 4.74 Å². The van der Waals surface area contributed by atoms with E-state index in [2.05, 4.69) is 22.3 Å². The number of nitrogens with zero attached hydrogens (tertiary/aromatic N) is 2. The zero-order valence-electron chi connectivity index (χ0n) is 16.9. The summed E-state index contributed by atoms with van der Waals surface area (Å²) in [6.07, 6.45) is 2.28. The second-order valence-electron chi connectivity index (χ2n) is 7.14. The van der Waals surface area contributed by atoms with Gasteiger partial charge in [0, 0.05) is 22.8 Å². The summed E-state index contributed by atoms with van der Waals surface area (Å²) >= 11 is 6.18. The lowest BCUT2D eigenvalue weighted by Crippen LogP contribution is -2.09. The monoisotopic (exact) mass is 408 g/mol. The van der Waals surface area contributed by atoms with E-state index < -0.39 is 6.04 Å². The molecule has 0 N–H and O–H groups in total. The Bertz CT molecular complexity index is 973. The second kappa shape index (κ2) is 9.66. The molecule has 5 heteroatoms. The van der Waals surface area contributed by atoms with Gasteiger partial charge in [-0.25, -0.2) is 0 Å². The number of aryl methyl sites for hydroxylation is 2. The van der Waals surface area contributed by atoms with E-state index in [1.807, 2.05) is 63.2 Å². The molecule has 0 amide bonds. The quantitative estimate of drug-likeness (QED) is 0.386. The van der Waals surface area contributed by atoms with E-state index in [1.165, 1.54) is 0 Å². The molecule has 0 radical (unpaired) electrons. The number of pyridine rings is 1. The smallest absolute Gasteiger partial charge is 0.119 e. The molecule has 1 aromatic heterocycles. The number of nitroso groups, excluding NO2 is 1. The number of hydrogen-bond acceptors (Lipinski definition) is 4. The van der Waals surface area contributed by atoms with Crippen LogP contribution in [0.1, 0.15) is 53.3 Å². The summed E-state index contributed by atoms with van der Waals surface area (Å²) in [6, 6.07) is 17.3. The SMILES string of the molecule is CCOc1ccc([C@H](CC(N=O)c2ccnc(C)c2)c2ccc(Cl)cc2C)cc1. The number of halogens is 1. The zero-order chi connectivity index (χ0) is 20.8. The molecule has 3 aromatic rings. The van der Waals surface area contributed by atoms with Crippen LogP contribution in [-0.4, -0.2) is 11.6 Å². The van der Waals surface area contributed by atoms with Crippen LogP contribution in [-0.2, 0) is 0 Å². The molecular weight excluding hydrogens is 384 g/mol. The van der Waals surface area contributed by atoms with Gasteiger partial charge in [-0.15, -0.1) is 0 Å². The summed E-state index contributed by atoms with van der Waals surface area (Å²) in [5, 5.41) is 4.16. The van der Waals surface area contributed by atoms with Crippen LogP contribution in [0.4, 0.5) is 0 Å². The summed E-state index contributed by atoms with van der Waals surface area (Å²) in [5.74, 6) is 0.830. The van der Waals surface area contributed by atoms with Gasteiger partial charge < -0.3 is 4.74 Å².